The van der Waals surface area contributed by atoms with E-state index in [-0.39, 0.29) is 11.8 Å². The molecule has 0 spiro atoms. The Balaban J connectivity index is 1.32. The molecule has 4 fully saturated rings. The topological polar surface area (TPSA) is 41.6 Å². The number of amides is 2. The molecule has 142 valence electrons. The monoisotopic (exact) mass is 364 g/mol. The van der Waals surface area contributed by atoms with E-state index in [0.29, 0.717) is 24.4 Å². The molecule has 0 heterocycles. The number of benzene rings is 1. The number of nitrogens with zero attached hydrogens (tertiary/aromatic N) is 1. The van der Waals surface area contributed by atoms with Gasteiger partial charge in [0.2, 0.25) is 0 Å². The predicted octanol–water partition coefficient (Wildman–Crippen LogP) is 4.25. The van der Waals surface area contributed by atoms with Gasteiger partial charge >= 0.3 is 12.6 Å². The lowest BCUT2D eigenvalue weighted by Gasteiger charge is -2.54. The van der Waals surface area contributed by atoms with Crippen LogP contribution in [0.3, 0.4) is 0 Å². The van der Waals surface area contributed by atoms with Gasteiger partial charge in [-0.05, 0) is 73.5 Å². The van der Waals surface area contributed by atoms with Crippen molar-refractivity contribution in [1.82, 2.24) is 10.2 Å². The fourth-order valence-electron chi connectivity index (χ4n) is 5.54. The van der Waals surface area contributed by atoms with Gasteiger partial charge in [0.05, 0.1) is 0 Å². The third-order valence-corrected chi connectivity index (χ3v) is 6.43. The summed E-state index contributed by atoms with van der Waals surface area (Å²) in [6, 6.07) is 6.71. The maximum atomic E-state index is 12.6. The highest BCUT2D eigenvalue weighted by Gasteiger charge is 2.48. The van der Waals surface area contributed by atoms with Crippen molar-refractivity contribution >= 4 is 6.03 Å². The average Bonchev–Trinajstić information content (AvgIpc) is 2.58. The first-order valence-corrected chi connectivity index (χ1v) is 9.53. The smallest absolute Gasteiger partial charge is 0.387 e. The lowest BCUT2D eigenvalue weighted by Crippen LogP contribution is -2.57. The van der Waals surface area contributed by atoms with Crippen molar-refractivity contribution in [2.45, 2.75) is 51.3 Å². The van der Waals surface area contributed by atoms with Gasteiger partial charge in [-0.15, -0.1) is 0 Å². The van der Waals surface area contributed by atoms with Crippen LogP contribution in [0, 0.1) is 23.7 Å². The maximum Gasteiger partial charge on any atom is 0.387 e. The van der Waals surface area contributed by atoms with Gasteiger partial charge in [-0.2, -0.15) is 8.78 Å². The number of urea groups is 1. The summed E-state index contributed by atoms with van der Waals surface area (Å²) < 4.78 is 28.8. The summed E-state index contributed by atoms with van der Waals surface area (Å²) in [6.45, 7) is -2.39. The van der Waals surface area contributed by atoms with Crippen LogP contribution in [0.4, 0.5) is 13.6 Å². The minimum absolute atomic E-state index is 0.0459. The average molecular weight is 364 g/mol. The highest BCUT2D eigenvalue weighted by molar-refractivity contribution is 5.74. The first-order valence-electron chi connectivity index (χ1n) is 9.53. The van der Waals surface area contributed by atoms with E-state index in [2.05, 4.69) is 10.1 Å². The number of carbonyl (C=O) groups is 1. The molecule has 4 saturated carbocycles. The van der Waals surface area contributed by atoms with E-state index in [4.69, 9.17) is 0 Å². The Morgan fingerprint density at radius 3 is 2.23 bits per heavy atom. The number of rotatable bonds is 5. The second-order valence-corrected chi connectivity index (χ2v) is 8.28. The highest BCUT2D eigenvalue weighted by atomic mass is 19.3. The van der Waals surface area contributed by atoms with E-state index in [1.807, 2.05) is 0 Å². The molecule has 6 heteroatoms. The molecule has 0 unspecified atom stereocenters. The molecule has 26 heavy (non-hydrogen) atoms. The van der Waals surface area contributed by atoms with Crippen LogP contribution in [-0.4, -0.2) is 30.6 Å². The molecule has 0 atom stereocenters. The summed E-state index contributed by atoms with van der Waals surface area (Å²) >= 11 is 0. The third kappa shape index (κ3) is 3.64. The number of nitrogens with one attached hydrogen (secondary N) is 1. The van der Waals surface area contributed by atoms with Crippen LogP contribution in [0.25, 0.3) is 0 Å². The summed E-state index contributed by atoms with van der Waals surface area (Å²) in [6.07, 6.45) is 6.49. The molecule has 0 aliphatic heterocycles. The molecule has 4 bridgehead atoms. The van der Waals surface area contributed by atoms with E-state index in [1.165, 1.54) is 44.2 Å². The van der Waals surface area contributed by atoms with Crippen LogP contribution in [-0.2, 0) is 6.54 Å². The largest absolute Gasteiger partial charge is 0.435 e. The van der Waals surface area contributed by atoms with Crippen molar-refractivity contribution in [3.63, 3.8) is 0 Å². The number of ether oxygens (including phenoxy) is 1. The summed E-state index contributed by atoms with van der Waals surface area (Å²) in [7, 11) is 1.77. The van der Waals surface area contributed by atoms with Crippen molar-refractivity contribution in [1.29, 1.82) is 0 Å². The molecular weight excluding hydrogens is 338 g/mol. The highest BCUT2D eigenvalue weighted by Crippen LogP contribution is 2.53. The second-order valence-electron chi connectivity index (χ2n) is 8.28. The van der Waals surface area contributed by atoms with E-state index in [1.54, 1.807) is 24.1 Å². The quantitative estimate of drug-likeness (QED) is 0.848. The first-order chi connectivity index (χ1) is 12.5. The zero-order valence-corrected chi connectivity index (χ0v) is 15.0. The van der Waals surface area contributed by atoms with Crippen molar-refractivity contribution in [3.8, 4) is 5.75 Å². The fraction of sp³-hybridized carbons (Fsp3) is 0.650. The number of halogens is 2. The Bertz CT molecular complexity index is 622. The van der Waals surface area contributed by atoms with E-state index < -0.39 is 6.61 Å². The lowest BCUT2D eigenvalue weighted by atomic mass is 9.54. The molecule has 0 aromatic heterocycles. The van der Waals surface area contributed by atoms with Gasteiger partial charge in [-0.25, -0.2) is 4.79 Å². The molecular formula is C20H26F2N2O2. The van der Waals surface area contributed by atoms with Gasteiger partial charge in [0.1, 0.15) is 5.75 Å². The van der Waals surface area contributed by atoms with E-state index in [0.717, 1.165) is 17.4 Å². The number of hydrogen-bond acceptors (Lipinski definition) is 2. The normalized spacial score (nSPS) is 31.9. The second kappa shape index (κ2) is 7.05. The van der Waals surface area contributed by atoms with Crippen molar-refractivity contribution < 1.29 is 18.3 Å². The molecule has 1 aromatic rings. The molecule has 4 aliphatic rings. The molecule has 0 radical (unpaired) electrons. The van der Waals surface area contributed by atoms with Crippen LogP contribution in [0.5, 0.6) is 5.75 Å². The van der Waals surface area contributed by atoms with Gasteiger partial charge in [-0.1, -0.05) is 12.1 Å². The van der Waals surface area contributed by atoms with E-state index >= 15 is 0 Å². The molecule has 5 rings (SSSR count). The first kappa shape index (κ1) is 17.6. The molecule has 1 N–H and O–H groups in total. The Morgan fingerprint density at radius 2 is 1.69 bits per heavy atom. The molecule has 1 aromatic carbocycles. The van der Waals surface area contributed by atoms with E-state index in [9.17, 15) is 13.6 Å². The molecule has 4 aliphatic carbocycles. The predicted molar refractivity (Wildman–Crippen MR) is 93.9 cm³/mol. The minimum atomic E-state index is -2.82. The van der Waals surface area contributed by atoms with Gasteiger partial charge in [0.25, 0.3) is 0 Å². The Morgan fingerprint density at radius 1 is 1.12 bits per heavy atom. The Labute approximate surface area is 152 Å². The summed E-state index contributed by atoms with van der Waals surface area (Å²) in [5.74, 6) is 3.20. The third-order valence-electron chi connectivity index (χ3n) is 6.43. The molecule has 0 saturated heterocycles. The maximum absolute atomic E-state index is 12.6. The van der Waals surface area contributed by atoms with Crippen molar-refractivity contribution in [2.75, 3.05) is 7.05 Å². The van der Waals surface area contributed by atoms with Gasteiger partial charge in [0, 0.05) is 19.6 Å². The zero-order valence-electron chi connectivity index (χ0n) is 15.0. The lowest BCUT2D eigenvalue weighted by molar-refractivity contribution is -0.0498. The van der Waals surface area contributed by atoms with Crippen molar-refractivity contribution in [3.05, 3.63) is 29.8 Å². The summed E-state index contributed by atoms with van der Waals surface area (Å²) in [4.78, 5) is 14.3. The van der Waals surface area contributed by atoms with Crippen LogP contribution >= 0.6 is 0 Å². The number of alkyl halides is 2. The minimum Gasteiger partial charge on any atom is -0.435 e. The van der Waals surface area contributed by atoms with Crippen LogP contribution < -0.4 is 10.1 Å². The van der Waals surface area contributed by atoms with Crippen LogP contribution in [0.15, 0.2) is 24.3 Å². The number of carbonyl (C=O) groups excluding carboxylic acids is 1. The SMILES string of the molecule is CN(Cc1ccc(OC(F)F)cc1)C(=O)NC1C2CC3CC(C2)CC1C3. The van der Waals surface area contributed by atoms with Crippen molar-refractivity contribution in [2.24, 2.45) is 23.7 Å². The summed E-state index contributed by atoms with van der Waals surface area (Å²) in [5, 5.41) is 3.28. The fourth-order valence-corrected chi connectivity index (χ4v) is 5.54. The van der Waals surface area contributed by atoms with Gasteiger partial charge in [0.15, 0.2) is 0 Å². The number of hydrogen-bond donors (Lipinski definition) is 1. The molecule has 2 amide bonds. The zero-order chi connectivity index (χ0) is 18.3. The standard InChI is InChI=1S/C20H26F2N2O2/c1-24(11-12-2-4-17(5-3-12)26-19(21)22)20(25)23-18-15-7-13-6-14(9-15)10-16(18)8-13/h2-5,13-16,18-19H,6-11H2,1H3,(H,23,25). The van der Waals surface area contributed by atoms with Gasteiger partial charge < -0.3 is 15.0 Å². The summed E-state index contributed by atoms with van der Waals surface area (Å²) in [5.41, 5.74) is 0.884. The van der Waals surface area contributed by atoms with Crippen LogP contribution in [0.2, 0.25) is 0 Å². The molecule has 4 nitrogen and oxygen atoms in total. The van der Waals surface area contributed by atoms with Gasteiger partial charge in [-0.3, -0.25) is 0 Å². The Kier molecular flexibility index (Phi) is 4.76. The Hall–Kier alpha value is -1.85. The van der Waals surface area contributed by atoms with Crippen LogP contribution in [0.1, 0.15) is 37.7 Å².